The number of carbonyl (C=O) groups is 1. The summed E-state index contributed by atoms with van der Waals surface area (Å²) in [6, 6.07) is 8.22. The molecule has 0 unspecified atom stereocenters. The summed E-state index contributed by atoms with van der Waals surface area (Å²) in [6.07, 6.45) is 7.02. The van der Waals surface area contributed by atoms with Crippen LogP contribution in [0.4, 0.5) is 10.7 Å². The van der Waals surface area contributed by atoms with Crippen LogP contribution >= 0.6 is 11.3 Å². The fraction of sp³-hybridized carbons (Fsp3) is 0.273. The number of amides is 1. The Bertz CT molecular complexity index is 1130. The number of nitrogens with one attached hydrogen (secondary N) is 1. The molecule has 0 saturated carbocycles. The van der Waals surface area contributed by atoms with E-state index in [2.05, 4.69) is 10.3 Å². The number of furan rings is 1. The molecule has 0 bridgehead atoms. The molecule has 2 heterocycles. The van der Waals surface area contributed by atoms with Crippen molar-refractivity contribution in [2.24, 2.45) is 4.99 Å². The van der Waals surface area contributed by atoms with Gasteiger partial charge in [0.1, 0.15) is 10.8 Å². The SMILES string of the molecule is COc1ccc(C=Nc2sc3c(c2C(=O)NCc2ccco2)CCCC3)cc1[N+](=O)[O-]. The van der Waals surface area contributed by atoms with Gasteiger partial charge in [0.15, 0.2) is 5.75 Å². The van der Waals surface area contributed by atoms with Crippen molar-refractivity contribution in [2.45, 2.75) is 32.2 Å². The number of benzene rings is 1. The summed E-state index contributed by atoms with van der Waals surface area (Å²) in [5, 5.41) is 14.8. The number of nitro benzene ring substituents is 1. The Labute approximate surface area is 182 Å². The van der Waals surface area contributed by atoms with E-state index in [0.717, 1.165) is 31.2 Å². The first-order valence-corrected chi connectivity index (χ1v) is 10.7. The molecular formula is C22H21N3O5S. The first-order valence-electron chi connectivity index (χ1n) is 9.88. The van der Waals surface area contributed by atoms with Crippen LogP contribution in [0.5, 0.6) is 5.75 Å². The van der Waals surface area contributed by atoms with Gasteiger partial charge in [-0.1, -0.05) is 0 Å². The van der Waals surface area contributed by atoms with Crippen molar-refractivity contribution in [1.82, 2.24) is 5.32 Å². The second-order valence-corrected chi connectivity index (χ2v) is 8.18. The van der Waals surface area contributed by atoms with Crippen molar-refractivity contribution in [3.8, 4) is 5.75 Å². The lowest BCUT2D eigenvalue weighted by Crippen LogP contribution is -2.23. The average molecular weight is 439 g/mol. The van der Waals surface area contributed by atoms with Crippen molar-refractivity contribution in [1.29, 1.82) is 0 Å². The predicted molar refractivity (Wildman–Crippen MR) is 118 cm³/mol. The van der Waals surface area contributed by atoms with E-state index in [-0.39, 0.29) is 17.3 Å². The first kappa shape index (κ1) is 20.8. The quantitative estimate of drug-likeness (QED) is 0.323. The summed E-state index contributed by atoms with van der Waals surface area (Å²) in [4.78, 5) is 29.5. The molecule has 8 nitrogen and oxygen atoms in total. The second kappa shape index (κ2) is 9.13. The van der Waals surface area contributed by atoms with Crippen LogP contribution in [0.25, 0.3) is 0 Å². The number of aliphatic imine (C=N–C) groups is 1. The van der Waals surface area contributed by atoms with E-state index < -0.39 is 4.92 Å². The van der Waals surface area contributed by atoms with Crippen LogP contribution in [-0.2, 0) is 19.4 Å². The highest BCUT2D eigenvalue weighted by molar-refractivity contribution is 7.16. The third kappa shape index (κ3) is 4.51. The molecule has 1 amide bonds. The molecule has 4 rings (SSSR count). The molecule has 9 heteroatoms. The molecule has 0 spiro atoms. The average Bonchev–Trinajstić information content (AvgIpc) is 3.43. The van der Waals surface area contributed by atoms with Gasteiger partial charge in [-0.2, -0.15) is 0 Å². The lowest BCUT2D eigenvalue weighted by molar-refractivity contribution is -0.385. The molecule has 1 N–H and O–H groups in total. The zero-order chi connectivity index (χ0) is 21.8. The van der Waals surface area contributed by atoms with Gasteiger partial charge in [-0.3, -0.25) is 14.9 Å². The number of fused-ring (bicyclic) bond motifs is 1. The van der Waals surface area contributed by atoms with Gasteiger partial charge in [0.25, 0.3) is 5.91 Å². The standard InChI is InChI=1S/C22H21N3O5S/c1-29-18-9-8-14(11-17(18)25(27)28)12-24-22-20(16-6-2-3-7-19(16)31-22)21(26)23-13-15-5-4-10-30-15/h4-5,8-12H,2-3,6-7,13H2,1H3,(H,23,26). The van der Waals surface area contributed by atoms with Gasteiger partial charge in [0.05, 0.1) is 30.4 Å². The Morgan fingerprint density at radius 2 is 2.19 bits per heavy atom. The maximum atomic E-state index is 13.0. The highest BCUT2D eigenvalue weighted by Crippen LogP contribution is 2.40. The lowest BCUT2D eigenvalue weighted by Gasteiger charge is -2.12. The topological polar surface area (TPSA) is 107 Å². The second-order valence-electron chi connectivity index (χ2n) is 7.10. The van der Waals surface area contributed by atoms with Crippen LogP contribution in [0, 0.1) is 10.1 Å². The summed E-state index contributed by atoms with van der Waals surface area (Å²) < 4.78 is 10.3. The number of methoxy groups -OCH3 is 1. The molecule has 0 radical (unpaired) electrons. The number of rotatable bonds is 7. The zero-order valence-electron chi connectivity index (χ0n) is 16.9. The smallest absolute Gasteiger partial charge is 0.311 e. The maximum absolute atomic E-state index is 13.0. The van der Waals surface area contributed by atoms with Crippen molar-refractivity contribution in [3.63, 3.8) is 0 Å². The fourth-order valence-electron chi connectivity index (χ4n) is 3.61. The molecule has 2 aromatic heterocycles. The fourth-order valence-corrected chi connectivity index (χ4v) is 4.84. The molecule has 1 aromatic carbocycles. The number of nitro groups is 1. The van der Waals surface area contributed by atoms with E-state index >= 15 is 0 Å². The van der Waals surface area contributed by atoms with Crippen LogP contribution in [0.15, 0.2) is 46.0 Å². The Morgan fingerprint density at radius 1 is 1.35 bits per heavy atom. The van der Waals surface area contributed by atoms with Crippen molar-refractivity contribution >= 4 is 34.1 Å². The van der Waals surface area contributed by atoms with E-state index in [9.17, 15) is 14.9 Å². The Balaban J connectivity index is 1.63. The van der Waals surface area contributed by atoms with Gasteiger partial charge in [-0.05, 0) is 61.1 Å². The van der Waals surface area contributed by atoms with Crippen molar-refractivity contribution in [2.75, 3.05) is 7.11 Å². The van der Waals surface area contributed by atoms with Crippen LogP contribution in [0.1, 0.15) is 45.0 Å². The Morgan fingerprint density at radius 3 is 2.94 bits per heavy atom. The minimum atomic E-state index is -0.493. The number of nitrogens with zero attached hydrogens (tertiary/aromatic N) is 2. The van der Waals surface area contributed by atoms with Crippen LogP contribution < -0.4 is 10.1 Å². The molecular weight excluding hydrogens is 418 g/mol. The molecule has 0 atom stereocenters. The van der Waals surface area contributed by atoms with Gasteiger partial charge in [0.2, 0.25) is 0 Å². The number of carbonyl (C=O) groups excluding carboxylic acids is 1. The normalized spacial score (nSPS) is 13.2. The molecule has 0 saturated heterocycles. The Hall–Kier alpha value is -3.46. The number of aryl methyl sites for hydroxylation is 1. The summed E-state index contributed by atoms with van der Waals surface area (Å²) in [5.74, 6) is 0.670. The third-order valence-electron chi connectivity index (χ3n) is 5.11. The lowest BCUT2D eigenvalue weighted by atomic mass is 9.95. The molecule has 31 heavy (non-hydrogen) atoms. The zero-order valence-corrected chi connectivity index (χ0v) is 17.7. The van der Waals surface area contributed by atoms with E-state index in [1.54, 1.807) is 30.7 Å². The first-order chi connectivity index (χ1) is 15.1. The highest BCUT2D eigenvalue weighted by atomic mass is 32.1. The number of ether oxygens (including phenoxy) is 1. The predicted octanol–water partition coefficient (Wildman–Crippen LogP) is 4.82. The largest absolute Gasteiger partial charge is 0.490 e. The van der Waals surface area contributed by atoms with Gasteiger partial charge in [0, 0.05) is 17.2 Å². The van der Waals surface area contributed by atoms with Gasteiger partial charge in [-0.25, -0.2) is 4.99 Å². The molecule has 0 fully saturated rings. The summed E-state index contributed by atoms with van der Waals surface area (Å²) in [7, 11) is 1.39. The van der Waals surface area contributed by atoms with E-state index in [4.69, 9.17) is 9.15 Å². The molecule has 0 aliphatic heterocycles. The summed E-state index contributed by atoms with van der Waals surface area (Å²) in [5.41, 5.74) is 2.07. The Kier molecular flexibility index (Phi) is 6.13. The maximum Gasteiger partial charge on any atom is 0.311 e. The number of thiophene rings is 1. The summed E-state index contributed by atoms with van der Waals surface area (Å²) >= 11 is 1.51. The van der Waals surface area contributed by atoms with E-state index in [1.807, 2.05) is 0 Å². The monoisotopic (exact) mass is 439 g/mol. The molecule has 3 aromatic rings. The molecule has 160 valence electrons. The molecule has 1 aliphatic rings. The number of hydrogen-bond acceptors (Lipinski definition) is 7. The van der Waals surface area contributed by atoms with Crippen molar-refractivity contribution in [3.05, 3.63) is 74.0 Å². The third-order valence-corrected chi connectivity index (χ3v) is 6.31. The molecule has 1 aliphatic carbocycles. The summed E-state index contributed by atoms with van der Waals surface area (Å²) in [6.45, 7) is 0.296. The van der Waals surface area contributed by atoms with Crippen LogP contribution in [0.3, 0.4) is 0 Å². The van der Waals surface area contributed by atoms with E-state index in [0.29, 0.717) is 28.4 Å². The minimum Gasteiger partial charge on any atom is -0.490 e. The highest BCUT2D eigenvalue weighted by Gasteiger charge is 2.25. The van der Waals surface area contributed by atoms with Crippen LogP contribution in [0.2, 0.25) is 0 Å². The minimum absolute atomic E-state index is 0.131. The van der Waals surface area contributed by atoms with E-state index in [1.165, 1.54) is 35.5 Å². The number of hydrogen-bond donors (Lipinski definition) is 1. The van der Waals surface area contributed by atoms with Crippen LogP contribution in [-0.4, -0.2) is 24.2 Å². The van der Waals surface area contributed by atoms with Crippen molar-refractivity contribution < 1.29 is 18.9 Å². The van der Waals surface area contributed by atoms with Gasteiger partial charge >= 0.3 is 5.69 Å². The van der Waals surface area contributed by atoms with Gasteiger partial charge in [-0.15, -0.1) is 11.3 Å². The van der Waals surface area contributed by atoms with Gasteiger partial charge < -0.3 is 14.5 Å².